The van der Waals surface area contributed by atoms with Crippen molar-refractivity contribution >= 4 is 17.4 Å². The molecule has 0 aliphatic heterocycles. The van der Waals surface area contributed by atoms with Gasteiger partial charge in [0, 0.05) is 6.54 Å². The first-order chi connectivity index (χ1) is 9.24. The van der Waals surface area contributed by atoms with E-state index in [2.05, 4.69) is 17.6 Å². The Morgan fingerprint density at radius 1 is 1.11 bits per heavy atom. The van der Waals surface area contributed by atoms with Crippen molar-refractivity contribution in [3.63, 3.8) is 0 Å². The average molecular weight is 263 g/mol. The lowest BCUT2D eigenvalue weighted by molar-refractivity contribution is 0.252. The molecule has 0 aromatic heterocycles. The summed E-state index contributed by atoms with van der Waals surface area (Å²) in [6, 6.07) is 7.06. The second-order valence-electron chi connectivity index (χ2n) is 4.74. The standard InChI is InChI=1S/C15H25N3O/c1-2-3-4-5-6-9-12-17-15(19)18-14-11-8-7-10-13(14)16/h7-8,10-11H,2-6,9,12,16H2,1H3,(H2,17,18,19). The van der Waals surface area contributed by atoms with E-state index in [1.54, 1.807) is 12.1 Å². The van der Waals surface area contributed by atoms with E-state index in [1.807, 2.05) is 12.1 Å². The van der Waals surface area contributed by atoms with Crippen molar-refractivity contribution < 1.29 is 4.79 Å². The normalized spacial score (nSPS) is 10.2. The molecule has 0 unspecified atom stereocenters. The van der Waals surface area contributed by atoms with E-state index >= 15 is 0 Å². The predicted molar refractivity (Wildman–Crippen MR) is 81.3 cm³/mol. The Balaban J connectivity index is 2.10. The van der Waals surface area contributed by atoms with Crippen LogP contribution >= 0.6 is 0 Å². The molecule has 0 spiro atoms. The number of nitrogens with two attached hydrogens (primary N) is 1. The van der Waals surface area contributed by atoms with Crippen LogP contribution in [0.15, 0.2) is 24.3 Å². The molecule has 0 radical (unpaired) electrons. The van der Waals surface area contributed by atoms with Crippen molar-refractivity contribution in [1.29, 1.82) is 0 Å². The van der Waals surface area contributed by atoms with E-state index in [9.17, 15) is 4.79 Å². The molecule has 1 aromatic rings. The molecular formula is C15H25N3O. The molecule has 0 heterocycles. The van der Waals surface area contributed by atoms with Crippen LogP contribution in [0.25, 0.3) is 0 Å². The number of benzene rings is 1. The van der Waals surface area contributed by atoms with Crippen LogP contribution in [0.2, 0.25) is 0 Å². The lowest BCUT2D eigenvalue weighted by atomic mass is 10.1. The molecule has 4 nitrogen and oxygen atoms in total. The highest BCUT2D eigenvalue weighted by atomic mass is 16.2. The molecule has 0 saturated heterocycles. The molecule has 0 aliphatic rings. The number of unbranched alkanes of at least 4 members (excludes halogenated alkanes) is 5. The second kappa shape index (κ2) is 9.25. The number of nitrogen functional groups attached to an aromatic ring is 1. The van der Waals surface area contributed by atoms with Crippen LogP contribution in [0.3, 0.4) is 0 Å². The minimum atomic E-state index is -0.188. The van der Waals surface area contributed by atoms with Crippen molar-refractivity contribution in [3.05, 3.63) is 24.3 Å². The highest BCUT2D eigenvalue weighted by Crippen LogP contribution is 2.16. The van der Waals surface area contributed by atoms with Crippen LogP contribution < -0.4 is 16.4 Å². The first kappa shape index (κ1) is 15.3. The van der Waals surface area contributed by atoms with Crippen molar-refractivity contribution in [2.45, 2.75) is 45.4 Å². The lowest BCUT2D eigenvalue weighted by Gasteiger charge is -2.09. The fraction of sp³-hybridized carbons (Fsp3) is 0.533. The highest BCUT2D eigenvalue weighted by molar-refractivity contribution is 5.92. The van der Waals surface area contributed by atoms with Gasteiger partial charge in [0.05, 0.1) is 11.4 Å². The maximum absolute atomic E-state index is 11.6. The maximum Gasteiger partial charge on any atom is 0.319 e. The molecule has 0 atom stereocenters. The SMILES string of the molecule is CCCCCCCCNC(=O)Nc1ccccc1N. The van der Waals surface area contributed by atoms with Gasteiger partial charge in [-0.15, -0.1) is 0 Å². The summed E-state index contributed by atoms with van der Waals surface area (Å²) < 4.78 is 0. The summed E-state index contributed by atoms with van der Waals surface area (Å²) in [6.07, 6.45) is 7.32. The van der Waals surface area contributed by atoms with Crippen LogP contribution in [0.4, 0.5) is 16.2 Å². The number of carbonyl (C=O) groups excluding carboxylic acids is 1. The van der Waals surface area contributed by atoms with E-state index in [4.69, 9.17) is 5.73 Å². The first-order valence-corrected chi connectivity index (χ1v) is 7.13. The summed E-state index contributed by atoms with van der Waals surface area (Å²) in [5.41, 5.74) is 6.99. The lowest BCUT2D eigenvalue weighted by Crippen LogP contribution is -2.29. The topological polar surface area (TPSA) is 67.2 Å². The Hall–Kier alpha value is -1.71. The third kappa shape index (κ3) is 6.70. The summed E-state index contributed by atoms with van der Waals surface area (Å²) in [5.74, 6) is 0. The molecule has 1 aromatic carbocycles. The van der Waals surface area contributed by atoms with Crippen LogP contribution in [0, 0.1) is 0 Å². The van der Waals surface area contributed by atoms with Gasteiger partial charge in [-0.25, -0.2) is 4.79 Å². The number of anilines is 2. The van der Waals surface area contributed by atoms with Gasteiger partial charge in [0.25, 0.3) is 0 Å². The molecule has 0 bridgehead atoms. The Bertz CT molecular complexity index is 379. The molecule has 0 aliphatic carbocycles. The molecule has 106 valence electrons. The zero-order valence-corrected chi connectivity index (χ0v) is 11.7. The van der Waals surface area contributed by atoms with E-state index in [0.717, 1.165) is 6.42 Å². The van der Waals surface area contributed by atoms with Gasteiger partial charge < -0.3 is 16.4 Å². The minimum absolute atomic E-state index is 0.188. The van der Waals surface area contributed by atoms with Gasteiger partial charge in [-0.05, 0) is 18.6 Å². The van der Waals surface area contributed by atoms with Gasteiger partial charge in [-0.3, -0.25) is 0 Å². The maximum atomic E-state index is 11.6. The summed E-state index contributed by atoms with van der Waals surface area (Å²) >= 11 is 0. The highest BCUT2D eigenvalue weighted by Gasteiger charge is 2.02. The molecule has 4 N–H and O–H groups in total. The molecular weight excluding hydrogens is 238 g/mol. The molecule has 19 heavy (non-hydrogen) atoms. The van der Waals surface area contributed by atoms with Crippen molar-refractivity contribution in [3.8, 4) is 0 Å². The molecule has 0 fully saturated rings. The Morgan fingerprint density at radius 2 is 1.79 bits per heavy atom. The summed E-state index contributed by atoms with van der Waals surface area (Å²) in [7, 11) is 0. The fourth-order valence-electron chi connectivity index (χ4n) is 1.88. The quantitative estimate of drug-likeness (QED) is 0.494. The van der Waals surface area contributed by atoms with E-state index in [-0.39, 0.29) is 6.03 Å². The average Bonchev–Trinajstić information content (AvgIpc) is 2.40. The summed E-state index contributed by atoms with van der Waals surface area (Å²) in [5, 5.41) is 5.59. The number of urea groups is 1. The van der Waals surface area contributed by atoms with Gasteiger partial charge in [-0.1, -0.05) is 51.2 Å². The molecule has 0 saturated carbocycles. The van der Waals surface area contributed by atoms with Crippen LogP contribution in [0.5, 0.6) is 0 Å². The van der Waals surface area contributed by atoms with Gasteiger partial charge >= 0.3 is 6.03 Å². The number of hydrogen-bond donors (Lipinski definition) is 3. The largest absolute Gasteiger partial charge is 0.397 e. The fourth-order valence-corrected chi connectivity index (χ4v) is 1.88. The van der Waals surface area contributed by atoms with Gasteiger partial charge in [0.1, 0.15) is 0 Å². The zero-order chi connectivity index (χ0) is 13.9. The van der Waals surface area contributed by atoms with Crippen LogP contribution in [0.1, 0.15) is 45.4 Å². The molecule has 1 rings (SSSR count). The van der Waals surface area contributed by atoms with Gasteiger partial charge in [0.2, 0.25) is 0 Å². The smallest absolute Gasteiger partial charge is 0.319 e. The third-order valence-corrected chi connectivity index (χ3v) is 3.02. The molecule has 4 heteroatoms. The Morgan fingerprint density at radius 3 is 2.53 bits per heavy atom. The van der Waals surface area contributed by atoms with E-state index < -0.39 is 0 Å². The van der Waals surface area contributed by atoms with Crippen molar-refractivity contribution in [1.82, 2.24) is 5.32 Å². The predicted octanol–water partition coefficient (Wildman–Crippen LogP) is 3.75. The van der Waals surface area contributed by atoms with Gasteiger partial charge in [0.15, 0.2) is 0 Å². The number of rotatable bonds is 8. The number of nitrogens with one attached hydrogen (secondary N) is 2. The third-order valence-electron chi connectivity index (χ3n) is 3.02. The van der Waals surface area contributed by atoms with Crippen molar-refractivity contribution in [2.75, 3.05) is 17.6 Å². The first-order valence-electron chi connectivity index (χ1n) is 7.13. The zero-order valence-electron chi connectivity index (χ0n) is 11.7. The summed E-state index contributed by atoms with van der Waals surface area (Å²) in [6.45, 7) is 2.92. The summed E-state index contributed by atoms with van der Waals surface area (Å²) in [4.78, 5) is 11.6. The number of carbonyl (C=O) groups is 1. The van der Waals surface area contributed by atoms with Crippen molar-refractivity contribution in [2.24, 2.45) is 0 Å². The number of amides is 2. The van der Waals surface area contributed by atoms with Crippen LogP contribution in [-0.2, 0) is 0 Å². The van der Waals surface area contributed by atoms with E-state index in [0.29, 0.717) is 17.9 Å². The van der Waals surface area contributed by atoms with E-state index in [1.165, 1.54) is 32.1 Å². The number of hydrogen-bond acceptors (Lipinski definition) is 2. The number of para-hydroxylation sites is 2. The molecule has 2 amide bonds. The van der Waals surface area contributed by atoms with Gasteiger partial charge in [-0.2, -0.15) is 0 Å². The second-order valence-corrected chi connectivity index (χ2v) is 4.74. The minimum Gasteiger partial charge on any atom is -0.397 e. The Labute approximate surface area is 115 Å². The van der Waals surface area contributed by atoms with Crippen LogP contribution in [-0.4, -0.2) is 12.6 Å². The Kier molecular flexibility index (Phi) is 7.47. The monoisotopic (exact) mass is 263 g/mol.